The molecular weight excluding hydrogens is 209 g/mol. The van der Waals surface area contributed by atoms with Gasteiger partial charge in [-0.25, -0.2) is 0 Å². The summed E-state index contributed by atoms with van der Waals surface area (Å²) >= 11 is 0. The minimum absolute atomic E-state index is 0.357. The maximum absolute atomic E-state index is 11.8. The zero-order valence-corrected chi connectivity index (χ0v) is 9.32. The molecule has 0 unspecified atom stereocenters. The molecule has 0 aliphatic carbocycles. The monoisotopic (exact) mass is 225 g/mol. The second kappa shape index (κ2) is 6.82. The van der Waals surface area contributed by atoms with Crippen molar-refractivity contribution in [1.29, 1.82) is 0 Å². The lowest BCUT2D eigenvalue weighted by Crippen LogP contribution is -1.99. The van der Waals surface area contributed by atoms with E-state index in [1.54, 1.807) is 6.92 Å². The molecule has 1 N–H and O–H groups in total. The predicted octanol–water partition coefficient (Wildman–Crippen LogP) is 2.82. The fourth-order valence-electron chi connectivity index (χ4n) is 1.28. The van der Waals surface area contributed by atoms with Crippen LogP contribution in [0.1, 0.15) is 18.9 Å². The van der Waals surface area contributed by atoms with Crippen LogP contribution in [0.4, 0.5) is 4.39 Å². The molecular formula is C12H16FNO2. The van der Waals surface area contributed by atoms with Gasteiger partial charge in [0.2, 0.25) is 0 Å². The summed E-state index contributed by atoms with van der Waals surface area (Å²) in [5.74, 6) is 0.732. The van der Waals surface area contributed by atoms with E-state index in [2.05, 4.69) is 5.16 Å². The summed E-state index contributed by atoms with van der Waals surface area (Å²) in [6.45, 7) is 1.79. The van der Waals surface area contributed by atoms with Crippen molar-refractivity contribution in [1.82, 2.24) is 0 Å². The molecule has 4 heteroatoms. The van der Waals surface area contributed by atoms with E-state index in [9.17, 15) is 4.39 Å². The van der Waals surface area contributed by atoms with Gasteiger partial charge in [-0.3, -0.25) is 4.39 Å². The normalized spacial score (nSPS) is 11.5. The second-order valence-electron chi connectivity index (χ2n) is 3.55. The highest BCUT2D eigenvalue weighted by molar-refractivity contribution is 5.83. The Hall–Kier alpha value is -1.58. The molecule has 1 aromatic rings. The van der Waals surface area contributed by atoms with Gasteiger partial charge in [-0.2, -0.15) is 0 Å². The smallest absolute Gasteiger partial charge is 0.119 e. The summed E-state index contributed by atoms with van der Waals surface area (Å²) < 4.78 is 17.1. The first-order valence-corrected chi connectivity index (χ1v) is 5.21. The van der Waals surface area contributed by atoms with E-state index in [1.165, 1.54) is 0 Å². The Bertz CT molecular complexity index is 335. The molecule has 1 aromatic carbocycles. The van der Waals surface area contributed by atoms with Crippen molar-refractivity contribution in [3.63, 3.8) is 0 Å². The van der Waals surface area contributed by atoms with E-state index in [-0.39, 0.29) is 6.67 Å². The van der Waals surface area contributed by atoms with Gasteiger partial charge in [-0.15, -0.1) is 0 Å². The van der Waals surface area contributed by atoms with Crippen molar-refractivity contribution in [3.05, 3.63) is 29.8 Å². The van der Waals surface area contributed by atoms with Crippen molar-refractivity contribution < 1.29 is 14.3 Å². The summed E-state index contributed by atoms with van der Waals surface area (Å²) in [5.41, 5.74) is 1.71. The summed E-state index contributed by atoms with van der Waals surface area (Å²) in [7, 11) is 0. The van der Waals surface area contributed by atoms with Crippen LogP contribution in [0.3, 0.4) is 0 Å². The number of oxime groups is 1. The molecule has 16 heavy (non-hydrogen) atoms. The van der Waals surface area contributed by atoms with Gasteiger partial charge in [0.15, 0.2) is 0 Å². The number of alkyl halides is 1. The Labute approximate surface area is 94.5 Å². The van der Waals surface area contributed by atoms with E-state index < -0.39 is 0 Å². The molecule has 1 rings (SSSR count). The lowest BCUT2D eigenvalue weighted by atomic mass is 10.1. The van der Waals surface area contributed by atoms with Crippen molar-refractivity contribution >= 4 is 5.71 Å². The van der Waals surface area contributed by atoms with Crippen molar-refractivity contribution in [2.24, 2.45) is 5.16 Å². The molecule has 88 valence electrons. The van der Waals surface area contributed by atoms with Crippen LogP contribution in [0.25, 0.3) is 0 Å². The van der Waals surface area contributed by atoms with Gasteiger partial charge in [-0.05, 0) is 24.6 Å². The minimum atomic E-state index is -0.357. The van der Waals surface area contributed by atoms with E-state index >= 15 is 0 Å². The van der Waals surface area contributed by atoms with Crippen molar-refractivity contribution in [2.75, 3.05) is 13.3 Å². The third-order valence-corrected chi connectivity index (χ3v) is 2.10. The highest BCUT2D eigenvalue weighted by atomic mass is 19.1. The zero-order valence-electron chi connectivity index (χ0n) is 9.32. The average Bonchev–Trinajstić information content (AvgIpc) is 2.31. The van der Waals surface area contributed by atoms with Crippen molar-refractivity contribution in [2.45, 2.75) is 19.8 Å². The largest absolute Gasteiger partial charge is 0.494 e. The predicted molar refractivity (Wildman–Crippen MR) is 61.1 cm³/mol. The number of rotatable bonds is 6. The molecule has 0 saturated heterocycles. The van der Waals surface area contributed by atoms with E-state index in [4.69, 9.17) is 9.94 Å². The van der Waals surface area contributed by atoms with Crippen LogP contribution in [0, 0.1) is 0 Å². The molecule has 0 aliphatic rings. The topological polar surface area (TPSA) is 41.8 Å². The quantitative estimate of drug-likeness (QED) is 0.350. The first-order chi connectivity index (χ1) is 7.76. The maximum Gasteiger partial charge on any atom is 0.119 e. The molecule has 0 bridgehead atoms. The maximum atomic E-state index is 11.8. The van der Waals surface area contributed by atoms with Crippen LogP contribution >= 0.6 is 0 Å². The third kappa shape index (κ3) is 4.29. The number of halogens is 1. The Balaban J connectivity index is 2.47. The first kappa shape index (κ1) is 12.5. The first-order valence-electron chi connectivity index (χ1n) is 5.21. The summed E-state index contributed by atoms with van der Waals surface area (Å²) in [4.78, 5) is 0. The summed E-state index contributed by atoms with van der Waals surface area (Å²) in [6, 6.07) is 7.47. The van der Waals surface area contributed by atoms with E-state index in [0.29, 0.717) is 25.2 Å². The van der Waals surface area contributed by atoms with Gasteiger partial charge in [0, 0.05) is 12.8 Å². The van der Waals surface area contributed by atoms with Gasteiger partial charge in [0.1, 0.15) is 5.75 Å². The number of hydrogen-bond donors (Lipinski definition) is 1. The lowest BCUT2D eigenvalue weighted by molar-refractivity contribution is 0.289. The highest BCUT2D eigenvalue weighted by Gasteiger charge is 1.98. The molecule has 3 nitrogen and oxygen atoms in total. The molecule has 0 saturated carbocycles. The summed E-state index contributed by atoms with van der Waals surface area (Å²) in [5, 5.41) is 11.6. The second-order valence-corrected chi connectivity index (χ2v) is 3.55. The van der Waals surface area contributed by atoms with Crippen LogP contribution in [-0.2, 0) is 6.42 Å². The molecule has 0 amide bonds. The van der Waals surface area contributed by atoms with Gasteiger partial charge >= 0.3 is 0 Å². The third-order valence-electron chi connectivity index (χ3n) is 2.10. The number of benzene rings is 1. The van der Waals surface area contributed by atoms with Crippen LogP contribution < -0.4 is 4.74 Å². The van der Waals surface area contributed by atoms with Crippen LogP contribution in [0.5, 0.6) is 5.75 Å². The zero-order chi connectivity index (χ0) is 11.8. The van der Waals surface area contributed by atoms with Gasteiger partial charge < -0.3 is 9.94 Å². The Morgan fingerprint density at radius 2 is 2.06 bits per heavy atom. The van der Waals surface area contributed by atoms with Crippen LogP contribution in [0.2, 0.25) is 0 Å². The van der Waals surface area contributed by atoms with Crippen LogP contribution in [-0.4, -0.2) is 24.2 Å². The Morgan fingerprint density at radius 3 is 2.62 bits per heavy atom. The number of nitrogens with zero attached hydrogens (tertiary/aromatic N) is 1. The Morgan fingerprint density at radius 1 is 1.38 bits per heavy atom. The fourth-order valence-corrected chi connectivity index (χ4v) is 1.28. The fraction of sp³-hybridized carbons (Fsp3) is 0.417. The number of ether oxygens (including phenoxy) is 1. The molecule has 0 fully saturated rings. The van der Waals surface area contributed by atoms with E-state index in [0.717, 1.165) is 11.3 Å². The molecule has 0 aliphatic heterocycles. The standard InChI is InChI=1S/C12H16FNO2/c1-10(14-15)9-11-3-5-12(6-4-11)16-8-2-7-13/h3-6,15H,2,7-9H2,1H3/b14-10-. The van der Waals surface area contributed by atoms with E-state index in [1.807, 2.05) is 24.3 Å². The average molecular weight is 225 g/mol. The minimum Gasteiger partial charge on any atom is -0.494 e. The van der Waals surface area contributed by atoms with Gasteiger partial charge in [-0.1, -0.05) is 17.3 Å². The van der Waals surface area contributed by atoms with Crippen molar-refractivity contribution in [3.8, 4) is 5.75 Å². The Kier molecular flexibility index (Phi) is 5.32. The molecule has 0 heterocycles. The summed E-state index contributed by atoms with van der Waals surface area (Å²) in [6.07, 6.45) is 1.03. The molecule has 0 aromatic heterocycles. The lowest BCUT2D eigenvalue weighted by Gasteiger charge is -2.05. The highest BCUT2D eigenvalue weighted by Crippen LogP contribution is 2.13. The SMILES string of the molecule is C/C(Cc1ccc(OCCCF)cc1)=N/O. The molecule has 0 radical (unpaired) electrons. The number of hydrogen-bond acceptors (Lipinski definition) is 3. The van der Waals surface area contributed by atoms with Crippen LogP contribution in [0.15, 0.2) is 29.4 Å². The van der Waals surface area contributed by atoms with Gasteiger partial charge in [0.05, 0.1) is 19.0 Å². The molecule has 0 atom stereocenters. The molecule has 0 spiro atoms. The van der Waals surface area contributed by atoms with Gasteiger partial charge in [0.25, 0.3) is 0 Å².